The normalized spacial score (nSPS) is 16.9. The molecule has 0 unspecified atom stereocenters. The lowest BCUT2D eigenvalue weighted by Crippen LogP contribution is -2.48. The van der Waals surface area contributed by atoms with E-state index in [4.69, 9.17) is 0 Å². The van der Waals surface area contributed by atoms with Crippen molar-refractivity contribution in [2.45, 2.75) is 33.2 Å². The maximum Gasteiger partial charge on any atom is 0.304 e. The summed E-state index contributed by atoms with van der Waals surface area (Å²) in [7, 11) is -1.98. The number of hydrogen-bond acceptors (Lipinski definition) is 4. The minimum atomic E-state index is -3.63. The molecule has 0 radical (unpaired) electrons. The molecule has 2 aromatic rings. The largest absolute Gasteiger partial charge is 0.368 e. The third kappa shape index (κ3) is 4.61. The molecule has 0 N–H and O–H groups in total. The van der Waals surface area contributed by atoms with Gasteiger partial charge in [0.05, 0.1) is 5.69 Å². The highest BCUT2D eigenvalue weighted by molar-refractivity contribution is 7.90. The summed E-state index contributed by atoms with van der Waals surface area (Å²) in [5.74, 6) is 0.116. The van der Waals surface area contributed by atoms with Gasteiger partial charge in [-0.3, -0.25) is 9.10 Å². The molecule has 0 aliphatic carbocycles. The summed E-state index contributed by atoms with van der Waals surface area (Å²) in [4.78, 5) is 15.7. The summed E-state index contributed by atoms with van der Waals surface area (Å²) in [5.41, 5.74) is 5.06. The van der Waals surface area contributed by atoms with Gasteiger partial charge in [0, 0.05) is 58.9 Å². The Kier molecular flexibility index (Phi) is 6.44. The van der Waals surface area contributed by atoms with Crippen molar-refractivity contribution in [1.29, 1.82) is 0 Å². The number of aryl methyl sites for hydroxylation is 2. The number of hydrogen-bond donors (Lipinski definition) is 0. The van der Waals surface area contributed by atoms with Gasteiger partial charge in [-0.2, -0.15) is 12.7 Å². The molecule has 1 fully saturated rings. The molecular weight excluding hydrogens is 424 g/mol. The first-order valence-corrected chi connectivity index (χ1v) is 12.6. The number of anilines is 2. The summed E-state index contributed by atoms with van der Waals surface area (Å²) in [6.45, 7) is 7.48. The SMILES string of the molecule is CC(=O)N1CCN(c2ccc3c(c2)CCCN3S(=O)(=O)N(C)Cc2ccc(C)cc2)CC1. The molecule has 8 heteroatoms. The van der Waals surface area contributed by atoms with Crippen LogP contribution in [-0.4, -0.2) is 63.3 Å². The summed E-state index contributed by atoms with van der Waals surface area (Å²) in [6, 6.07) is 14.0. The molecule has 0 spiro atoms. The van der Waals surface area contributed by atoms with E-state index in [1.165, 1.54) is 4.31 Å². The van der Waals surface area contributed by atoms with Crippen LogP contribution >= 0.6 is 0 Å². The van der Waals surface area contributed by atoms with Gasteiger partial charge >= 0.3 is 10.2 Å². The van der Waals surface area contributed by atoms with Gasteiger partial charge in [-0.25, -0.2) is 0 Å². The van der Waals surface area contributed by atoms with E-state index in [9.17, 15) is 13.2 Å². The van der Waals surface area contributed by atoms with Crippen molar-refractivity contribution < 1.29 is 13.2 Å². The second-order valence-corrected chi connectivity index (χ2v) is 10.7. The van der Waals surface area contributed by atoms with Crippen LogP contribution in [0.3, 0.4) is 0 Å². The fourth-order valence-electron chi connectivity index (χ4n) is 4.47. The molecule has 1 saturated heterocycles. The number of piperazine rings is 1. The Bertz CT molecular complexity index is 1080. The maximum absolute atomic E-state index is 13.4. The first-order valence-electron chi connectivity index (χ1n) is 11.2. The van der Waals surface area contributed by atoms with Crippen LogP contribution in [0.25, 0.3) is 0 Å². The third-order valence-corrected chi connectivity index (χ3v) is 8.28. The van der Waals surface area contributed by atoms with Crippen molar-refractivity contribution >= 4 is 27.5 Å². The second-order valence-electron chi connectivity index (χ2n) is 8.73. The van der Waals surface area contributed by atoms with Crippen molar-refractivity contribution in [2.75, 3.05) is 49.0 Å². The third-order valence-electron chi connectivity index (χ3n) is 6.43. The van der Waals surface area contributed by atoms with Crippen LogP contribution in [0, 0.1) is 6.92 Å². The molecule has 32 heavy (non-hydrogen) atoms. The second kappa shape index (κ2) is 9.11. The number of carbonyl (C=O) groups is 1. The number of benzene rings is 2. The molecular formula is C24H32N4O3S. The summed E-state index contributed by atoms with van der Waals surface area (Å²) < 4.78 is 29.8. The van der Waals surface area contributed by atoms with E-state index in [2.05, 4.69) is 11.0 Å². The number of rotatable bonds is 5. The number of fused-ring (bicyclic) bond motifs is 1. The first kappa shape index (κ1) is 22.6. The van der Waals surface area contributed by atoms with E-state index in [-0.39, 0.29) is 5.91 Å². The van der Waals surface area contributed by atoms with Crippen molar-refractivity contribution in [3.63, 3.8) is 0 Å². The molecule has 2 aromatic carbocycles. The molecule has 172 valence electrons. The average molecular weight is 457 g/mol. The van der Waals surface area contributed by atoms with Crippen molar-refractivity contribution in [1.82, 2.24) is 9.21 Å². The van der Waals surface area contributed by atoms with Crippen molar-refractivity contribution in [3.8, 4) is 0 Å². The number of carbonyl (C=O) groups excluding carboxylic acids is 1. The van der Waals surface area contributed by atoms with Gasteiger partial charge in [0.1, 0.15) is 0 Å². The molecule has 7 nitrogen and oxygen atoms in total. The molecule has 2 aliphatic rings. The lowest BCUT2D eigenvalue weighted by molar-refractivity contribution is -0.129. The molecule has 2 aliphatic heterocycles. The van der Waals surface area contributed by atoms with Crippen LogP contribution in [0.15, 0.2) is 42.5 Å². The molecule has 2 heterocycles. The van der Waals surface area contributed by atoms with E-state index >= 15 is 0 Å². The van der Waals surface area contributed by atoms with Gasteiger partial charge in [0.2, 0.25) is 5.91 Å². The van der Waals surface area contributed by atoms with Gasteiger partial charge in [0.25, 0.3) is 0 Å². The van der Waals surface area contributed by atoms with Gasteiger partial charge in [0.15, 0.2) is 0 Å². The smallest absolute Gasteiger partial charge is 0.304 e. The van der Waals surface area contributed by atoms with E-state index in [0.29, 0.717) is 13.1 Å². The van der Waals surface area contributed by atoms with Gasteiger partial charge < -0.3 is 9.80 Å². The van der Waals surface area contributed by atoms with E-state index in [1.54, 1.807) is 18.3 Å². The van der Waals surface area contributed by atoms with Crippen LogP contribution in [0.1, 0.15) is 30.0 Å². The Hall–Kier alpha value is -2.58. The van der Waals surface area contributed by atoms with Crippen molar-refractivity contribution in [2.24, 2.45) is 0 Å². The fourth-order valence-corrected chi connectivity index (χ4v) is 5.90. The summed E-state index contributed by atoms with van der Waals surface area (Å²) in [6.07, 6.45) is 1.66. The van der Waals surface area contributed by atoms with E-state index in [0.717, 1.165) is 67.1 Å². The highest BCUT2D eigenvalue weighted by Gasteiger charge is 2.31. The standard InChI is InChI=1S/C24H32N4O3S/c1-19-6-8-21(9-7-19)18-25(3)32(30,31)28-12-4-5-22-17-23(10-11-24(22)28)27-15-13-26(14-16-27)20(2)29/h6-11,17H,4-5,12-16,18H2,1-3H3. The minimum absolute atomic E-state index is 0.116. The fraction of sp³-hybridized carbons (Fsp3) is 0.458. The Balaban J connectivity index is 1.51. The van der Waals surface area contributed by atoms with Gasteiger partial charge in [-0.05, 0) is 49.1 Å². The van der Waals surface area contributed by atoms with E-state index < -0.39 is 10.2 Å². The zero-order valence-corrected chi connectivity index (χ0v) is 19.9. The molecule has 4 rings (SSSR count). The first-order chi connectivity index (χ1) is 15.3. The number of nitrogens with zero attached hydrogens (tertiary/aromatic N) is 4. The highest BCUT2D eigenvalue weighted by Crippen LogP contribution is 2.34. The van der Waals surface area contributed by atoms with E-state index in [1.807, 2.05) is 48.2 Å². The zero-order valence-electron chi connectivity index (χ0n) is 19.1. The van der Waals surface area contributed by atoms with Crippen LogP contribution < -0.4 is 9.21 Å². The van der Waals surface area contributed by atoms with Crippen molar-refractivity contribution in [3.05, 3.63) is 59.2 Å². The van der Waals surface area contributed by atoms with Gasteiger partial charge in [-0.1, -0.05) is 29.8 Å². The lowest BCUT2D eigenvalue weighted by atomic mass is 10.0. The predicted octanol–water partition coefficient (Wildman–Crippen LogP) is 2.79. The molecule has 0 bridgehead atoms. The quantitative estimate of drug-likeness (QED) is 0.694. The molecule has 0 saturated carbocycles. The minimum Gasteiger partial charge on any atom is -0.368 e. The Morgan fingerprint density at radius 1 is 1.00 bits per heavy atom. The predicted molar refractivity (Wildman–Crippen MR) is 128 cm³/mol. The Labute approximate surface area is 191 Å². The van der Waals surface area contributed by atoms with Crippen LogP contribution in [0.5, 0.6) is 0 Å². The average Bonchev–Trinajstić information content (AvgIpc) is 2.79. The van der Waals surface area contributed by atoms with Gasteiger partial charge in [-0.15, -0.1) is 0 Å². The molecule has 0 aromatic heterocycles. The molecule has 0 atom stereocenters. The topological polar surface area (TPSA) is 64.2 Å². The van der Waals surface area contributed by atoms with Crippen LogP contribution in [-0.2, 0) is 28.0 Å². The zero-order chi connectivity index (χ0) is 22.9. The Morgan fingerprint density at radius 3 is 2.34 bits per heavy atom. The monoisotopic (exact) mass is 456 g/mol. The Morgan fingerprint density at radius 2 is 1.69 bits per heavy atom. The van der Waals surface area contributed by atoms with Crippen LogP contribution in [0.2, 0.25) is 0 Å². The maximum atomic E-state index is 13.4. The summed E-state index contributed by atoms with van der Waals surface area (Å²) >= 11 is 0. The van der Waals surface area contributed by atoms with Crippen LogP contribution in [0.4, 0.5) is 11.4 Å². The molecule has 1 amide bonds. The number of amides is 1. The summed E-state index contributed by atoms with van der Waals surface area (Å²) in [5, 5.41) is 0. The lowest BCUT2D eigenvalue weighted by Gasteiger charge is -2.37. The highest BCUT2D eigenvalue weighted by atomic mass is 32.2.